The number of rotatable bonds is 5. The number of fused-ring (bicyclic) bond motifs is 1. The average molecular weight is 283 g/mol. The highest BCUT2D eigenvalue weighted by atomic mass is 32.2. The van der Waals surface area contributed by atoms with Crippen molar-refractivity contribution in [3.8, 4) is 5.75 Å². The topological polar surface area (TPSA) is 80.7 Å². The number of amidine groups is 1. The molecule has 1 aromatic heterocycles. The van der Waals surface area contributed by atoms with E-state index < -0.39 is 0 Å². The van der Waals surface area contributed by atoms with Crippen LogP contribution in [-0.4, -0.2) is 28.4 Å². The summed E-state index contributed by atoms with van der Waals surface area (Å²) in [5.74, 6) is 1.46. The predicted octanol–water partition coefficient (Wildman–Crippen LogP) is 2.53. The van der Waals surface area contributed by atoms with Crippen LogP contribution in [0.5, 0.6) is 5.75 Å². The number of oxime groups is 1. The van der Waals surface area contributed by atoms with Crippen molar-refractivity contribution in [2.45, 2.75) is 11.3 Å². The number of nitrogens with zero attached hydrogens (tertiary/aromatic N) is 2. The lowest BCUT2D eigenvalue weighted by Crippen LogP contribution is -2.13. The number of benzene rings is 1. The van der Waals surface area contributed by atoms with Gasteiger partial charge in [0.2, 0.25) is 0 Å². The monoisotopic (exact) mass is 283 g/mol. The van der Waals surface area contributed by atoms with Gasteiger partial charge in [0, 0.05) is 0 Å². The van der Waals surface area contributed by atoms with E-state index in [1.807, 2.05) is 25.1 Å². The van der Waals surface area contributed by atoms with E-state index in [4.69, 9.17) is 15.7 Å². The lowest BCUT2D eigenvalue weighted by Gasteiger charge is -2.00. The lowest BCUT2D eigenvalue weighted by atomic mass is 10.3. The first-order valence-electron chi connectivity index (χ1n) is 5.35. The molecule has 0 radical (unpaired) electrons. The summed E-state index contributed by atoms with van der Waals surface area (Å²) in [4.78, 5) is 4.45. The van der Waals surface area contributed by atoms with Crippen LogP contribution in [0.15, 0.2) is 27.7 Å². The fraction of sp³-hybridized carbons (Fsp3) is 0.273. The van der Waals surface area contributed by atoms with Crippen molar-refractivity contribution in [1.82, 2.24) is 4.98 Å². The highest BCUT2D eigenvalue weighted by Gasteiger charge is 2.06. The van der Waals surface area contributed by atoms with Gasteiger partial charge in [-0.05, 0) is 25.1 Å². The first-order valence-corrected chi connectivity index (χ1v) is 7.15. The zero-order valence-corrected chi connectivity index (χ0v) is 11.4. The fourth-order valence-electron chi connectivity index (χ4n) is 1.37. The van der Waals surface area contributed by atoms with Crippen molar-refractivity contribution in [1.29, 1.82) is 0 Å². The van der Waals surface area contributed by atoms with Crippen LogP contribution in [0.4, 0.5) is 0 Å². The second-order valence-corrected chi connectivity index (χ2v) is 5.68. The molecular formula is C11H13N3O2S2. The summed E-state index contributed by atoms with van der Waals surface area (Å²) in [6.07, 6.45) is 0. The number of hydrogen-bond donors (Lipinski definition) is 2. The van der Waals surface area contributed by atoms with E-state index in [0.29, 0.717) is 12.4 Å². The Morgan fingerprint density at radius 2 is 2.44 bits per heavy atom. The quantitative estimate of drug-likeness (QED) is 0.290. The van der Waals surface area contributed by atoms with E-state index in [0.717, 1.165) is 20.3 Å². The maximum absolute atomic E-state index is 8.46. The summed E-state index contributed by atoms with van der Waals surface area (Å²) in [7, 11) is 0. The van der Waals surface area contributed by atoms with E-state index in [9.17, 15) is 0 Å². The first kappa shape index (κ1) is 13.0. The predicted molar refractivity (Wildman–Crippen MR) is 74.9 cm³/mol. The number of hydrogen-bond acceptors (Lipinski definition) is 6. The van der Waals surface area contributed by atoms with E-state index in [2.05, 4.69) is 10.1 Å². The van der Waals surface area contributed by atoms with Crippen LogP contribution < -0.4 is 10.5 Å². The molecule has 0 aliphatic carbocycles. The summed E-state index contributed by atoms with van der Waals surface area (Å²) in [5.41, 5.74) is 6.35. The van der Waals surface area contributed by atoms with Crippen LogP contribution in [-0.2, 0) is 0 Å². The highest BCUT2D eigenvalue weighted by Crippen LogP contribution is 2.31. The van der Waals surface area contributed by atoms with Crippen molar-refractivity contribution in [3.63, 3.8) is 0 Å². The largest absolute Gasteiger partial charge is 0.494 e. The van der Waals surface area contributed by atoms with Crippen LogP contribution in [0.2, 0.25) is 0 Å². The molecule has 1 aromatic carbocycles. The Morgan fingerprint density at radius 3 is 3.17 bits per heavy atom. The van der Waals surface area contributed by atoms with Gasteiger partial charge in [-0.1, -0.05) is 16.9 Å². The number of thioether (sulfide) groups is 1. The number of aromatic nitrogens is 1. The van der Waals surface area contributed by atoms with Crippen LogP contribution in [0.25, 0.3) is 10.2 Å². The van der Waals surface area contributed by atoms with Crippen LogP contribution in [0, 0.1) is 0 Å². The Kier molecular flexibility index (Phi) is 4.27. The fourth-order valence-corrected chi connectivity index (χ4v) is 3.27. The van der Waals surface area contributed by atoms with Crippen molar-refractivity contribution in [2.24, 2.45) is 10.9 Å². The molecule has 7 heteroatoms. The Hall–Kier alpha value is -1.47. The molecule has 0 amide bonds. The van der Waals surface area contributed by atoms with Gasteiger partial charge in [-0.2, -0.15) is 0 Å². The molecule has 5 nitrogen and oxygen atoms in total. The van der Waals surface area contributed by atoms with Gasteiger partial charge in [-0.15, -0.1) is 11.3 Å². The maximum atomic E-state index is 8.46. The van der Waals surface area contributed by atoms with Gasteiger partial charge >= 0.3 is 0 Å². The third-order valence-electron chi connectivity index (χ3n) is 2.12. The lowest BCUT2D eigenvalue weighted by molar-refractivity contribution is 0.318. The Morgan fingerprint density at radius 1 is 1.61 bits per heavy atom. The molecule has 0 atom stereocenters. The van der Waals surface area contributed by atoms with Crippen molar-refractivity contribution in [3.05, 3.63) is 18.2 Å². The molecule has 0 fully saturated rings. The third-order valence-corrected chi connectivity index (χ3v) is 4.32. The van der Waals surface area contributed by atoms with Gasteiger partial charge in [0.15, 0.2) is 4.34 Å². The van der Waals surface area contributed by atoms with Crippen LogP contribution >= 0.6 is 23.1 Å². The third kappa shape index (κ3) is 3.05. The molecule has 96 valence electrons. The molecule has 2 rings (SSSR count). The molecule has 0 spiro atoms. The molecule has 3 N–H and O–H groups in total. The highest BCUT2D eigenvalue weighted by molar-refractivity contribution is 8.01. The molecule has 0 saturated carbocycles. The molecule has 0 bridgehead atoms. The van der Waals surface area contributed by atoms with Gasteiger partial charge in [0.1, 0.15) is 11.6 Å². The zero-order chi connectivity index (χ0) is 13.0. The Bertz CT molecular complexity index is 568. The standard InChI is InChI=1S/C11H13N3O2S2/c1-2-16-7-3-4-8-9(5-7)18-11(13-8)17-6-10(12)14-15/h3-5,15H,2,6H2,1H3,(H2,12,14). The minimum absolute atomic E-state index is 0.189. The molecule has 0 saturated heterocycles. The van der Waals surface area contributed by atoms with Crippen LogP contribution in [0.1, 0.15) is 6.92 Å². The smallest absolute Gasteiger partial charge is 0.151 e. The van der Waals surface area contributed by atoms with Gasteiger partial charge in [0.05, 0.1) is 22.6 Å². The molecule has 0 aliphatic heterocycles. The van der Waals surface area contributed by atoms with Gasteiger partial charge in [-0.3, -0.25) is 0 Å². The minimum Gasteiger partial charge on any atom is -0.494 e. The van der Waals surface area contributed by atoms with Crippen molar-refractivity contribution < 1.29 is 9.94 Å². The molecule has 0 unspecified atom stereocenters. The second kappa shape index (κ2) is 5.92. The first-order chi connectivity index (χ1) is 8.72. The van der Waals surface area contributed by atoms with E-state index >= 15 is 0 Å². The van der Waals surface area contributed by atoms with Crippen molar-refractivity contribution in [2.75, 3.05) is 12.4 Å². The van der Waals surface area contributed by atoms with E-state index in [1.165, 1.54) is 11.8 Å². The number of nitrogens with two attached hydrogens (primary N) is 1. The van der Waals surface area contributed by atoms with E-state index in [1.54, 1.807) is 11.3 Å². The summed E-state index contributed by atoms with van der Waals surface area (Å²) in [6.45, 7) is 2.60. The summed E-state index contributed by atoms with van der Waals surface area (Å²) in [6, 6.07) is 5.82. The van der Waals surface area contributed by atoms with Crippen molar-refractivity contribution >= 4 is 39.2 Å². The van der Waals surface area contributed by atoms with Crippen LogP contribution in [0.3, 0.4) is 0 Å². The normalized spacial score (nSPS) is 11.9. The second-order valence-electron chi connectivity index (χ2n) is 3.42. The SMILES string of the molecule is CCOc1ccc2nc(SC/C(N)=N\O)sc2c1. The summed E-state index contributed by atoms with van der Waals surface area (Å²) in [5, 5.41) is 11.4. The summed E-state index contributed by atoms with van der Waals surface area (Å²) >= 11 is 3.02. The van der Waals surface area contributed by atoms with Gasteiger partial charge < -0.3 is 15.7 Å². The van der Waals surface area contributed by atoms with E-state index in [-0.39, 0.29) is 5.84 Å². The van der Waals surface area contributed by atoms with Gasteiger partial charge in [-0.25, -0.2) is 4.98 Å². The Labute approximate surface area is 113 Å². The average Bonchev–Trinajstić information content (AvgIpc) is 2.78. The molecular weight excluding hydrogens is 270 g/mol. The molecule has 1 heterocycles. The van der Waals surface area contributed by atoms with Gasteiger partial charge in [0.25, 0.3) is 0 Å². The molecule has 18 heavy (non-hydrogen) atoms. The zero-order valence-electron chi connectivity index (χ0n) is 9.79. The molecule has 0 aliphatic rings. The Balaban J connectivity index is 2.16. The molecule has 2 aromatic rings. The number of thiazole rings is 1. The maximum Gasteiger partial charge on any atom is 0.151 e. The number of ether oxygens (including phenoxy) is 1. The summed E-state index contributed by atoms with van der Waals surface area (Å²) < 4.78 is 7.40. The minimum atomic E-state index is 0.189.